The van der Waals surface area contributed by atoms with Gasteiger partial charge < -0.3 is 8.97 Å². The minimum atomic E-state index is -0.0646. The fourth-order valence-electron chi connectivity index (χ4n) is 9.83. The molecule has 248 valence electrons. The molecule has 2 nitrogen and oxygen atoms in total. The Hall–Kier alpha value is -6.64. The highest BCUT2D eigenvalue weighted by Gasteiger charge is 2.35. The van der Waals surface area contributed by atoms with Crippen molar-refractivity contribution in [2.24, 2.45) is 0 Å². The molecule has 0 atom stereocenters. The lowest BCUT2D eigenvalue weighted by Gasteiger charge is -2.22. The van der Waals surface area contributed by atoms with Gasteiger partial charge in [0.15, 0.2) is 0 Å². The van der Waals surface area contributed by atoms with E-state index in [-0.39, 0.29) is 5.41 Å². The Bertz CT molecular complexity index is 3300. The highest BCUT2D eigenvalue weighted by molar-refractivity contribution is 6.23. The molecule has 0 fully saturated rings. The molecular weight excluding hydrogens is 641 g/mol. The number of benzene rings is 8. The molecule has 0 radical (unpaired) electrons. The summed E-state index contributed by atoms with van der Waals surface area (Å²) >= 11 is 0. The van der Waals surface area contributed by atoms with Crippen molar-refractivity contribution in [2.45, 2.75) is 19.3 Å². The van der Waals surface area contributed by atoms with E-state index in [2.05, 4.69) is 193 Å². The molecule has 8 aromatic carbocycles. The average molecular weight is 675 g/mol. The quantitative estimate of drug-likeness (QED) is 0.176. The molecule has 1 aliphatic rings. The first-order valence-electron chi connectivity index (χ1n) is 18.6. The molecular formula is C51H34N2. The number of aromatic nitrogens is 2. The van der Waals surface area contributed by atoms with Crippen molar-refractivity contribution < 1.29 is 0 Å². The molecule has 0 aliphatic heterocycles. The number of para-hydroxylation sites is 3. The second-order valence-electron chi connectivity index (χ2n) is 15.3. The number of nitrogens with zero attached hydrogens (tertiary/aromatic N) is 2. The summed E-state index contributed by atoms with van der Waals surface area (Å²) in [7, 11) is 0. The molecule has 12 rings (SSSR count). The van der Waals surface area contributed by atoms with E-state index in [0.29, 0.717) is 0 Å². The predicted octanol–water partition coefficient (Wildman–Crippen LogP) is 13.6. The van der Waals surface area contributed by atoms with Crippen LogP contribution in [-0.4, -0.2) is 8.97 Å². The molecule has 53 heavy (non-hydrogen) atoms. The smallest absolute Gasteiger partial charge is 0.0620 e. The second-order valence-corrected chi connectivity index (χ2v) is 15.3. The van der Waals surface area contributed by atoms with Crippen LogP contribution in [-0.2, 0) is 5.41 Å². The molecule has 0 N–H and O–H groups in total. The van der Waals surface area contributed by atoms with Crippen molar-refractivity contribution in [3.05, 3.63) is 181 Å². The molecule has 0 amide bonds. The van der Waals surface area contributed by atoms with E-state index in [1.54, 1.807) is 0 Å². The first-order chi connectivity index (χ1) is 26.1. The van der Waals surface area contributed by atoms with Gasteiger partial charge >= 0.3 is 0 Å². The molecule has 3 aromatic heterocycles. The molecule has 0 saturated carbocycles. The van der Waals surface area contributed by atoms with Gasteiger partial charge in [0, 0.05) is 43.4 Å². The van der Waals surface area contributed by atoms with Crippen LogP contribution in [0.3, 0.4) is 0 Å². The van der Waals surface area contributed by atoms with Crippen LogP contribution in [0.25, 0.3) is 99.0 Å². The van der Waals surface area contributed by atoms with E-state index in [1.807, 2.05) is 0 Å². The van der Waals surface area contributed by atoms with E-state index >= 15 is 0 Å². The summed E-state index contributed by atoms with van der Waals surface area (Å²) in [6.45, 7) is 4.73. The van der Waals surface area contributed by atoms with E-state index < -0.39 is 0 Å². The SMILES string of the molecule is CC1(C)c2ccccc2-c2ccc(-c3cccc4c3c3cc(-c5ccc6c7cccc8c9ccccc9n(c6c5)c87)ccc3n4-c3ccccc3)cc21. The molecule has 11 aromatic rings. The van der Waals surface area contributed by atoms with Crippen LogP contribution in [0.5, 0.6) is 0 Å². The molecule has 0 unspecified atom stereocenters. The van der Waals surface area contributed by atoms with Crippen molar-refractivity contribution >= 4 is 59.9 Å². The summed E-state index contributed by atoms with van der Waals surface area (Å²) in [5.41, 5.74) is 17.8. The van der Waals surface area contributed by atoms with Crippen LogP contribution < -0.4 is 0 Å². The first kappa shape index (κ1) is 29.0. The van der Waals surface area contributed by atoms with Crippen LogP contribution in [0.1, 0.15) is 25.0 Å². The van der Waals surface area contributed by atoms with E-state index in [1.165, 1.54) is 110 Å². The van der Waals surface area contributed by atoms with Crippen molar-refractivity contribution in [1.29, 1.82) is 0 Å². The first-order valence-corrected chi connectivity index (χ1v) is 18.6. The Morgan fingerprint density at radius 3 is 1.91 bits per heavy atom. The summed E-state index contributed by atoms with van der Waals surface area (Å²) in [6, 6.07) is 63.3. The summed E-state index contributed by atoms with van der Waals surface area (Å²) in [5, 5.41) is 7.78. The zero-order chi connectivity index (χ0) is 35.0. The maximum atomic E-state index is 2.48. The third-order valence-electron chi connectivity index (χ3n) is 12.3. The fourth-order valence-corrected chi connectivity index (χ4v) is 9.83. The van der Waals surface area contributed by atoms with Crippen LogP contribution in [0.2, 0.25) is 0 Å². The van der Waals surface area contributed by atoms with Crippen molar-refractivity contribution in [2.75, 3.05) is 0 Å². The van der Waals surface area contributed by atoms with Crippen LogP contribution in [0.15, 0.2) is 170 Å². The number of hydrogen-bond donors (Lipinski definition) is 0. The van der Waals surface area contributed by atoms with Crippen molar-refractivity contribution in [3.63, 3.8) is 0 Å². The highest BCUT2D eigenvalue weighted by Crippen LogP contribution is 2.50. The van der Waals surface area contributed by atoms with Gasteiger partial charge in [0.2, 0.25) is 0 Å². The van der Waals surface area contributed by atoms with Gasteiger partial charge in [-0.15, -0.1) is 0 Å². The normalized spacial score (nSPS) is 13.6. The lowest BCUT2D eigenvalue weighted by Crippen LogP contribution is -2.14. The van der Waals surface area contributed by atoms with Crippen molar-refractivity contribution in [3.8, 4) is 39.1 Å². The molecule has 2 heteroatoms. The fraction of sp³-hybridized carbons (Fsp3) is 0.0588. The van der Waals surface area contributed by atoms with Crippen LogP contribution >= 0.6 is 0 Å². The van der Waals surface area contributed by atoms with Crippen molar-refractivity contribution in [1.82, 2.24) is 8.97 Å². The third kappa shape index (κ3) is 3.77. The maximum absolute atomic E-state index is 2.48. The molecule has 1 aliphatic carbocycles. The van der Waals surface area contributed by atoms with Gasteiger partial charge in [-0.25, -0.2) is 0 Å². The van der Waals surface area contributed by atoms with Gasteiger partial charge in [-0.2, -0.15) is 0 Å². The number of fused-ring (bicyclic) bond motifs is 12. The Morgan fingerprint density at radius 2 is 1.02 bits per heavy atom. The Kier molecular flexibility index (Phi) is 5.60. The summed E-state index contributed by atoms with van der Waals surface area (Å²) < 4.78 is 4.91. The minimum absolute atomic E-state index is 0.0646. The number of hydrogen-bond acceptors (Lipinski definition) is 0. The lowest BCUT2D eigenvalue weighted by atomic mass is 9.81. The topological polar surface area (TPSA) is 9.34 Å². The number of rotatable bonds is 3. The zero-order valence-corrected chi connectivity index (χ0v) is 29.6. The van der Waals surface area contributed by atoms with Gasteiger partial charge in [0.05, 0.1) is 27.6 Å². The summed E-state index contributed by atoms with van der Waals surface area (Å²) in [6.07, 6.45) is 0. The van der Waals surface area contributed by atoms with Gasteiger partial charge in [-0.05, 0) is 93.0 Å². The van der Waals surface area contributed by atoms with Crippen LogP contribution in [0.4, 0.5) is 0 Å². The van der Waals surface area contributed by atoms with Gasteiger partial charge in [-0.3, -0.25) is 0 Å². The second kappa shape index (κ2) is 10.2. The molecule has 0 bridgehead atoms. The monoisotopic (exact) mass is 674 g/mol. The van der Waals surface area contributed by atoms with E-state index in [9.17, 15) is 0 Å². The van der Waals surface area contributed by atoms with Crippen LogP contribution in [0, 0.1) is 0 Å². The van der Waals surface area contributed by atoms with Gasteiger partial charge in [0.25, 0.3) is 0 Å². The zero-order valence-electron chi connectivity index (χ0n) is 29.6. The Morgan fingerprint density at radius 1 is 0.377 bits per heavy atom. The minimum Gasteiger partial charge on any atom is -0.309 e. The highest BCUT2D eigenvalue weighted by atomic mass is 15.0. The lowest BCUT2D eigenvalue weighted by molar-refractivity contribution is 0.660. The largest absolute Gasteiger partial charge is 0.309 e. The van der Waals surface area contributed by atoms with Gasteiger partial charge in [0.1, 0.15) is 0 Å². The molecule has 0 spiro atoms. The maximum Gasteiger partial charge on any atom is 0.0620 e. The Balaban J connectivity index is 1.11. The third-order valence-corrected chi connectivity index (χ3v) is 12.3. The summed E-state index contributed by atoms with van der Waals surface area (Å²) in [5.74, 6) is 0. The van der Waals surface area contributed by atoms with E-state index in [0.717, 1.165) is 0 Å². The Labute approximate surface area is 307 Å². The standard InChI is InChI=1S/C51H34N2/c1-51(2)43-19-8-6-14-36(43)37-25-23-33(29-44(37)51)35-16-11-21-47-49(35)42-28-31(24-27-46(42)52(47)34-12-4-3-5-13-34)32-22-26-39-41-18-10-17-40-38-15-7-9-20-45(38)53(50(40)41)48(39)30-32/h3-30H,1-2H3. The van der Waals surface area contributed by atoms with Gasteiger partial charge in [-0.1, -0.05) is 135 Å². The van der Waals surface area contributed by atoms with E-state index in [4.69, 9.17) is 0 Å². The molecule has 3 heterocycles. The average Bonchev–Trinajstić information content (AvgIpc) is 3.91. The predicted molar refractivity (Wildman–Crippen MR) is 224 cm³/mol. The molecule has 0 saturated heterocycles. The summed E-state index contributed by atoms with van der Waals surface area (Å²) in [4.78, 5) is 0.